The molecule has 128 valence electrons. The number of carbonyl (C=O) groups is 1. The monoisotopic (exact) mass is 337 g/mol. The molecule has 1 aromatic carbocycles. The SMILES string of the molecule is COc1cccc(CNc2cccc3nc(NC(=O)C4CC4)nn23)c1. The van der Waals surface area contributed by atoms with Crippen molar-refractivity contribution < 1.29 is 9.53 Å². The largest absolute Gasteiger partial charge is 0.497 e. The van der Waals surface area contributed by atoms with Crippen molar-refractivity contribution in [2.24, 2.45) is 5.92 Å². The van der Waals surface area contributed by atoms with Crippen molar-refractivity contribution in [3.05, 3.63) is 48.0 Å². The van der Waals surface area contributed by atoms with Crippen molar-refractivity contribution >= 4 is 23.3 Å². The summed E-state index contributed by atoms with van der Waals surface area (Å²) in [7, 11) is 1.65. The van der Waals surface area contributed by atoms with Crippen LogP contribution >= 0.6 is 0 Å². The molecule has 2 aromatic heterocycles. The number of hydrogen-bond donors (Lipinski definition) is 2. The summed E-state index contributed by atoms with van der Waals surface area (Å²) in [5.41, 5.74) is 1.78. The molecule has 0 aliphatic heterocycles. The van der Waals surface area contributed by atoms with Crippen LogP contribution in [0, 0.1) is 5.92 Å². The first-order chi connectivity index (χ1) is 12.2. The first-order valence-corrected chi connectivity index (χ1v) is 8.26. The average Bonchev–Trinajstić information content (AvgIpc) is 3.40. The lowest BCUT2D eigenvalue weighted by atomic mass is 10.2. The second kappa shape index (κ2) is 6.43. The molecular weight excluding hydrogens is 318 g/mol. The minimum absolute atomic E-state index is 0.00166. The van der Waals surface area contributed by atoms with Crippen LogP contribution in [0.4, 0.5) is 11.8 Å². The molecule has 7 nitrogen and oxygen atoms in total. The van der Waals surface area contributed by atoms with Gasteiger partial charge >= 0.3 is 0 Å². The fourth-order valence-electron chi connectivity index (χ4n) is 2.62. The molecule has 7 heteroatoms. The van der Waals surface area contributed by atoms with Gasteiger partial charge in [-0.25, -0.2) is 0 Å². The Morgan fingerprint density at radius 1 is 1.28 bits per heavy atom. The van der Waals surface area contributed by atoms with Crippen LogP contribution < -0.4 is 15.4 Å². The van der Waals surface area contributed by atoms with Crippen molar-refractivity contribution in [3.8, 4) is 5.75 Å². The number of pyridine rings is 1. The fraction of sp³-hybridized carbons (Fsp3) is 0.278. The van der Waals surface area contributed by atoms with Gasteiger partial charge in [-0.3, -0.25) is 10.1 Å². The van der Waals surface area contributed by atoms with Crippen molar-refractivity contribution in [2.75, 3.05) is 17.7 Å². The molecule has 25 heavy (non-hydrogen) atoms. The first kappa shape index (κ1) is 15.4. The van der Waals surface area contributed by atoms with Crippen LogP contribution in [0.1, 0.15) is 18.4 Å². The van der Waals surface area contributed by atoms with Gasteiger partial charge in [-0.05, 0) is 42.7 Å². The van der Waals surface area contributed by atoms with Crippen molar-refractivity contribution in [3.63, 3.8) is 0 Å². The summed E-state index contributed by atoms with van der Waals surface area (Å²) in [6.07, 6.45) is 1.90. The van der Waals surface area contributed by atoms with E-state index in [1.807, 2.05) is 42.5 Å². The maximum absolute atomic E-state index is 11.9. The number of hydrogen-bond acceptors (Lipinski definition) is 5. The number of fused-ring (bicyclic) bond motifs is 1. The molecule has 1 aliphatic rings. The summed E-state index contributed by atoms with van der Waals surface area (Å²) in [6, 6.07) is 13.6. The number of nitrogens with one attached hydrogen (secondary N) is 2. The number of anilines is 2. The van der Waals surface area contributed by atoms with Gasteiger partial charge < -0.3 is 10.1 Å². The second-order valence-corrected chi connectivity index (χ2v) is 6.09. The van der Waals surface area contributed by atoms with Gasteiger partial charge in [-0.1, -0.05) is 18.2 Å². The van der Waals surface area contributed by atoms with E-state index in [0.29, 0.717) is 18.1 Å². The highest BCUT2D eigenvalue weighted by Crippen LogP contribution is 2.29. The highest BCUT2D eigenvalue weighted by molar-refractivity contribution is 5.92. The lowest BCUT2D eigenvalue weighted by molar-refractivity contribution is -0.117. The van der Waals surface area contributed by atoms with Crippen LogP contribution in [0.3, 0.4) is 0 Å². The molecule has 1 aliphatic carbocycles. The zero-order valence-corrected chi connectivity index (χ0v) is 13.9. The van der Waals surface area contributed by atoms with Crippen LogP contribution in [0.25, 0.3) is 5.65 Å². The van der Waals surface area contributed by atoms with Gasteiger partial charge in [0.25, 0.3) is 0 Å². The van der Waals surface area contributed by atoms with E-state index in [4.69, 9.17) is 4.74 Å². The normalized spacial score (nSPS) is 13.6. The molecule has 0 saturated heterocycles. The van der Waals surface area contributed by atoms with Crippen LogP contribution in [-0.2, 0) is 11.3 Å². The van der Waals surface area contributed by atoms with Crippen molar-refractivity contribution in [2.45, 2.75) is 19.4 Å². The molecule has 0 spiro atoms. The molecule has 2 N–H and O–H groups in total. The van der Waals surface area contributed by atoms with Crippen LogP contribution in [0.15, 0.2) is 42.5 Å². The van der Waals surface area contributed by atoms with Gasteiger partial charge in [0.05, 0.1) is 7.11 Å². The number of carbonyl (C=O) groups excluding carboxylic acids is 1. The number of benzene rings is 1. The third-order valence-electron chi connectivity index (χ3n) is 4.15. The summed E-state index contributed by atoms with van der Waals surface area (Å²) < 4.78 is 6.94. The zero-order valence-electron chi connectivity index (χ0n) is 13.9. The van der Waals surface area contributed by atoms with Gasteiger partial charge in [0.15, 0.2) is 5.65 Å². The van der Waals surface area contributed by atoms with E-state index < -0.39 is 0 Å². The highest BCUT2D eigenvalue weighted by Gasteiger charge is 2.30. The number of methoxy groups -OCH3 is 1. The zero-order chi connectivity index (χ0) is 17.2. The standard InChI is InChI=1S/C18H19N5O2/c1-25-14-5-2-4-12(10-14)11-19-15-6-3-7-16-20-18(22-23(15)16)21-17(24)13-8-9-13/h2-7,10,13,19H,8-9,11H2,1H3,(H,21,22,24). The van der Waals surface area contributed by atoms with E-state index in [-0.39, 0.29) is 11.8 Å². The number of amides is 1. The third-order valence-corrected chi connectivity index (χ3v) is 4.15. The van der Waals surface area contributed by atoms with Gasteiger partial charge in [-0.2, -0.15) is 9.50 Å². The number of nitrogens with zero attached hydrogens (tertiary/aromatic N) is 3. The molecule has 0 radical (unpaired) electrons. The molecular formula is C18H19N5O2. The number of aromatic nitrogens is 3. The quantitative estimate of drug-likeness (QED) is 0.723. The van der Waals surface area contributed by atoms with E-state index in [1.165, 1.54) is 0 Å². The van der Waals surface area contributed by atoms with Gasteiger partial charge in [-0.15, -0.1) is 5.10 Å². The highest BCUT2D eigenvalue weighted by atomic mass is 16.5. The molecule has 0 atom stereocenters. The Morgan fingerprint density at radius 2 is 2.12 bits per heavy atom. The maximum atomic E-state index is 11.9. The predicted octanol–water partition coefficient (Wildman–Crippen LogP) is 2.70. The van der Waals surface area contributed by atoms with Crippen molar-refractivity contribution in [1.29, 1.82) is 0 Å². The molecule has 1 amide bonds. The maximum Gasteiger partial charge on any atom is 0.249 e. The molecule has 2 heterocycles. The Labute approximate surface area is 145 Å². The predicted molar refractivity (Wildman–Crippen MR) is 94.7 cm³/mol. The Hall–Kier alpha value is -3.09. The summed E-state index contributed by atoms with van der Waals surface area (Å²) in [6.45, 7) is 0.625. The lowest BCUT2D eigenvalue weighted by Crippen LogP contribution is -2.14. The Kier molecular flexibility index (Phi) is 3.97. The third kappa shape index (κ3) is 3.40. The van der Waals surface area contributed by atoms with Crippen LogP contribution in [0.2, 0.25) is 0 Å². The van der Waals surface area contributed by atoms with E-state index >= 15 is 0 Å². The topological polar surface area (TPSA) is 80.5 Å². The van der Waals surface area contributed by atoms with Gasteiger partial charge in [0.2, 0.25) is 11.9 Å². The minimum Gasteiger partial charge on any atom is -0.497 e. The van der Waals surface area contributed by atoms with E-state index in [0.717, 1.165) is 30.0 Å². The van der Waals surface area contributed by atoms with E-state index in [9.17, 15) is 4.79 Å². The Balaban J connectivity index is 1.52. The summed E-state index contributed by atoms with van der Waals surface area (Å²) in [5.74, 6) is 2.09. The van der Waals surface area contributed by atoms with Crippen molar-refractivity contribution in [1.82, 2.24) is 14.6 Å². The second-order valence-electron chi connectivity index (χ2n) is 6.09. The molecule has 0 bridgehead atoms. The minimum atomic E-state index is 0.00166. The fourth-order valence-corrected chi connectivity index (χ4v) is 2.62. The van der Waals surface area contributed by atoms with E-state index in [2.05, 4.69) is 20.7 Å². The molecule has 0 unspecified atom stereocenters. The van der Waals surface area contributed by atoms with Crippen LogP contribution in [-0.4, -0.2) is 27.6 Å². The number of rotatable bonds is 6. The van der Waals surface area contributed by atoms with Crippen LogP contribution in [0.5, 0.6) is 5.75 Å². The van der Waals surface area contributed by atoms with Gasteiger partial charge in [0.1, 0.15) is 11.6 Å². The number of ether oxygens (including phenoxy) is 1. The molecule has 3 aromatic rings. The Bertz CT molecular complexity index is 917. The summed E-state index contributed by atoms with van der Waals surface area (Å²) >= 11 is 0. The lowest BCUT2D eigenvalue weighted by Gasteiger charge is -2.09. The first-order valence-electron chi connectivity index (χ1n) is 8.26. The molecule has 1 fully saturated rings. The average molecular weight is 337 g/mol. The molecule has 4 rings (SSSR count). The van der Waals surface area contributed by atoms with E-state index in [1.54, 1.807) is 11.6 Å². The molecule has 1 saturated carbocycles. The Morgan fingerprint density at radius 3 is 2.92 bits per heavy atom. The smallest absolute Gasteiger partial charge is 0.249 e. The summed E-state index contributed by atoms with van der Waals surface area (Å²) in [5, 5.41) is 10.5. The van der Waals surface area contributed by atoms with Gasteiger partial charge in [0, 0.05) is 12.5 Å². The summed E-state index contributed by atoms with van der Waals surface area (Å²) in [4.78, 5) is 16.2.